The summed E-state index contributed by atoms with van der Waals surface area (Å²) in [6.07, 6.45) is 7.03. The predicted octanol–water partition coefficient (Wildman–Crippen LogP) is 5.80. The van der Waals surface area contributed by atoms with Gasteiger partial charge in [-0.1, -0.05) is 32.9 Å². The van der Waals surface area contributed by atoms with Crippen molar-refractivity contribution in [3.63, 3.8) is 0 Å². The van der Waals surface area contributed by atoms with Gasteiger partial charge in [0, 0.05) is 5.92 Å². The summed E-state index contributed by atoms with van der Waals surface area (Å²) in [6, 6.07) is 7.46. The van der Waals surface area contributed by atoms with E-state index in [4.69, 9.17) is 19.9 Å². The fourth-order valence-electron chi connectivity index (χ4n) is 8.69. The molecule has 1 heterocycles. The van der Waals surface area contributed by atoms with E-state index in [-0.39, 0.29) is 35.2 Å². The van der Waals surface area contributed by atoms with E-state index in [1.165, 1.54) is 19.3 Å². The molecule has 0 radical (unpaired) electrons. The lowest BCUT2D eigenvalue weighted by Gasteiger charge is -2.65. The second-order valence-electron chi connectivity index (χ2n) is 13.6. The summed E-state index contributed by atoms with van der Waals surface area (Å²) < 4.78 is 19.3. The van der Waals surface area contributed by atoms with Gasteiger partial charge in [-0.2, -0.15) is 0 Å². The van der Waals surface area contributed by atoms with Crippen LogP contribution in [0.3, 0.4) is 0 Å². The average molecular weight is 486 g/mol. The van der Waals surface area contributed by atoms with Gasteiger partial charge in [0.15, 0.2) is 11.4 Å². The highest BCUT2D eigenvalue weighted by Crippen LogP contribution is 2.66. The van der Waals surface area contributed by atoms with Gasteiger partial charge in [0.2, 0.25) is 0 Å². The first-order valence-corrected chi connectivity index (χ1v) is 13.4. The second kappa shape index (κ2) is 8.37. The van der Waals surface area contributed by atoms with Crippen molar-refractivity contribution in [3.8, 4) is 5.75 Å². The summed E-state index contributed by atoms with van der Waals surface area (Å²) in [7, 11) is 0. The SMILES string of the molecule is CC1(C)OCC(OC(N)=O)(C(Cc2ccc(O)cc2)C23CC4CC(CC(C4)C2)C3)C(C(C)(C)C)O1. The van der Waals surface area contributed by atoms with E-state index < -0.39 is 17.5 Å². The summed E-state index contributed by atoms with van der Waals surface area (Å²) in [5.74, 6) is 1.67. The summed E-state index contributed by atoms with van der Waals surface area (Å²) >= 11 is 0. The number of primary amides is 1. The van der Waals surface area contributed by atoms with E-state index in [9.17, 15) is 9.90 Å². The first-order chi connectivity index (χ1) is 16.3. The molecule has 1 aromatic carbocycles. The number of carbonyl (C=O) groups excluding carboxylic acids is 1. The molecule has 194 valence electrons. The number of hydrogen-bond acceptors (Lipinski definition) is 5. The Morgan fingerprint density at radius 3 is 2.11 bits per heavy atom. The molecule has 5 fully saturated rings. The highest BCUT2D eigenvalue weighted by Gasteiger charge is 2.66. The lowest BCUT2D eigenvalue weighted by atomic mass is 9.43. The Hall–Kier alpha value is -1.79. The fourth-order valence-corrected chi connectivity index (χ4v) is 8.69. The number of ether oxygens (including phenoxy) is 3. The highest BCUT2D eigenvalue weighted by molar-refractivity contribution is 5.65. The topological polar surface area (TPSA) is 91.0 Å². The molecule has 1 aliphatic heterocycles. The molecule has 1 saturated heterocycles. The summed E-state index contributed by atoms with van der Waals surface area (Å²) in [5, 5.41) is 9.92. The van der Waals surface area contributed by atoms with Gasteiger partial charge >= 0.3 is 6.09 Å². The monoisotopic (exact) mass is 485 g/mol. The molecule has 3 atom stereocenters. The third kappa shape index (κ3) is 4.57. The molecular formula is C29H43NO5. The van der Waals surface area contributed by atoms with E-state index in [2.05, 4.69) is 20.8 Å². The first-order valence-electron chi connectivity index (χ1n) is 13.4. The Labute approximate surface area is 209 Å². The molecule has 4 bridgehead atoms. The third-order valence-electron chi connectivity index (χ3n) is 9.36. The van der Waals surface area contributed by atoms with Gasteiger partial charge in [-0.05, 0) is 105 Å². The zero-order chi connectivity index (χ0) is 25.2. The largest absolute Gasteiger partial charge is 0.508 e. The summed E-state index contributed by atoms with van der Waals surface area (Å²) in [6.45, 7) is 10.6. The highest BCUT2D eigenvalue weighted by atomic mass is 16.7. The fraction of sp³-hybridized carbons (Fsp3) is 0.759. The molecule has 3 unspecified atom stereocenters. The standard InChI is InChI=1S/C29H43NO5/c1-26(2,3)24-29(35-25(30)32,17-33-27(4,5)34-24)23(13-18-6-8-22(31)9-7-18)28-14-19-10-20(15-28)12-21(11-19)16-28/h6-9,19-21,23-24,31H,10-17H2,1-5H3,(H2,30,32). The number of phenolic OH excluding ortho intramolecular Hbond substituents is 1. The molecule has 35 heavy (non-hydrogen) atoms. The molecule has 6 nitrogen and oxygen atoms in total. The van der Waals surface area contributed by atoms with E-state index >= 15 is 0 Å². The Morgan fingerprint density at radius 1 is 1.09 bits per heavy atom. The Balaban J connectivity index is 1.66. The van der Waals surface area contributed by atoms with Crippen LogP contribution in [0.25, 0.3) is 0 Å². The minimum Gasteiger partial charge on any atom is -0.508 e. The van der Waals surface area contributed by atoms with Crippen molar-refractivity contribution >= 4 is 6.09 Å². The number of phenols is 1. The van der Waals surface area contributed by atoms with Crippen molar-refractivity contribution < 1.29 is 24.1 Å². The maximum absolute atomic E-state index is 12.6. The van der Waals surface area contributed by atoms with Crippen molar-refractivity contribution in [2.24, 2.45) is 40.2 Å². The van der Waals surface area contributed by atoms with Gasteiger partial charge in [0.1, 0.15) is 11.9 Å². The van der Waals surface area contributed by atoms with Crippen LogP contribution in [0.4, 0.5) is 4.79 Å². The van der Waals surface area contributed by atoms with Crippen LogP contribution in [0.1, 0.15) is 78.7 Å². The molecular weight excluding hydrogens is 442 g/mol. The van der Waals surface area contributed by atoms with Crippen LogP contribution in [0.2, 0.25) is 0 Å². The van der Waals surface area contributed by atoms with Gasteiger partial charge in [-0.15, -0.1) is 0 Å². The van der Waals surface area contributed by atoms with Crippen molar-refractivity contribution in [3.05, 3.63) is 29.8 Å². The van der Waals surface area contributed by atoms with Crippen molar-refractivity contribution in [1.29, 1.82) is 0 Å². The molecule has 4 saturated carbocycles. The van der Waals surface area contributed by atoms with Crippen LogP contribution in [0.15, 0.2) is 24.3 Å². The zero-order valence-electron chi connectivity index (χ0n) is 22.0. The van der Waals surface area contributed by atoms with Crippen LogP contribution in [-0.4, -0.2) is 35.3 Å². The Bertz CT molecular complexity index is 914. The van der Waals surface area contributed by atoms with Gasteiger partial charge in [-0.3, -0.25) is 0 Å². The first kappa shape index (κ1) is 24.9. The number of carbonyl (C=O) groups is 1. The van der Waals surface area contributed by atoms with Crippen LogP contribution in [-0.2, 0) is 20.6 Å². The molecule has 6 heteroatoms. The zero-order valence-corrected chi connectivity index (χ0v) is 22.0. The van der Waals surface area contributed by atoms with Gasteiger partial charge in [-0.25, -0.2) is 4.79 Å². The number of rotatable bonds is 5. The molecule has 1 aromatic rings. The lowest BCUT2D eigenvalue weighted by molar-refractivity contribution is -0.368. The smallest absolute Gasteiger partial charge is 0.405 e. The maximum atomic E-state index is 12.6. The summed E-state index contributed by atoms with van der Waals surface area (Å²) in [4.78, 5) is 12.6. The minimum atomic E-state index is -1.01. The van der Waals surface area contributed by atoms with Gasteiger partial charge in [0.25, 0.3) is 0 Å². The molecule has 6 rings (SSSR count). The summed E-state index contributed by atoms with van der Waals surface area (Å²) in [5.41, 5.74) is 5.65. The van der Waals surface area contributed by atoms with Crippen LogP contribution in [0.5, 0.6) is 5.75 Å². The molecule has 4 aliphatic carbocycles. The number of nitrogens with two attached hydrogens (primary N) is 1. The molecule has 0 aromatic heterocycles. The van der Waals surface area contributed by atoms with Crippen LogP contribution in [0, 0.1) is 34.5 Å². The van der Waals surface area contributed by atoms with E-state index in [0.29, 0.717) is 0 Å². The normalized spacial score (nSPS) is 38.8. The molecule has 0 spiro atoms. The Morgan fingerprint density at radius 2 is 1.63 bits per heavy atom. The van der Waals surface area contributed by atoms with Crippen molar-refractivity contribution in [2.45, 2.75) is 97.1 Å². The van der Waals surface area contributed by atoms with E-state index in [0.717, 1.165) is 49.0 Å². The van der Waals surface area contributed by atoms with Gasteiger partial charge < -0.3 is 25.1 Å². The maximum Gasteiger partial charge on any atom is 0.405 e. The Kier molecular flexibility index (Phi) is 5.95. The van der Waals surface area contributed by atoms with E-state index in [1.54, 1.807) is 12.1 Å². The number of aromatic hydroxyl groups is 1. The number of hydrogen-bond donors (Lipinski definition) is 2. The number of benzene rings is 1. The van der Waals surface area contributed by atoms with Crippen molar-refractivity contribution in [2.75, 3.05) is 6.61 Å². The molecule has 1 amide bonds. The van der Waals surface area contributed by atoms with Crippen LogP contribution < -0.4 is 5.73 Å². The predicted molar refractivity (Wildman–Crippen MR) is 134 cm³/mol. The lowest BCUT2D eigenvalue weighted by Crippen LogP contribution is -2.71. The average Bonchev–Trinajstić information content (AvgIpc) is 2.72. The van der Waals surface area contributed by atoms with Gasteiger partial charge in [0.05, 0.1) is 6.61 Å². The quantitative estimate of drug-likeness (QED) is 0.550. The second-order valence-corrected chi connectivity index (χ2v) is 13.6. The van der Waals surface area contributed by atoms with E-state index in [1.807, 2.05) is 26.0 Å². The minimum absolute atomic E-state index is 0.0132. The molecule has 3 N–H and O–H groups in total. The molecule has 5 aliphatic rings. The van der Waals surface area contributed by atoms with Crippen LogP contribution >= 0.6 is 0 Å². The number of amides is 1. The third-order valence-corrected chi connectivity index (χ3v) is 9.36. The van der Waals surface area contributed by atoms with Crippen molar-refractivity contribution in [1.82, 2.24) is 0 Å².